The van der Waals surface area contributed by atoms with Crippen LogP contribution in [-0.4, -0.2) is 49.1 Å². The lowest BCUT2D eigenvalue weighted by Gasteiger charge is -2.35. The second kappa shape index (κ2) is 8.69. The van der Waals surface area contributed by atoms with Crippen molar-refractivity contribution in [2.45, 2.75) is 49.6 Å². The molecule has 1 aliphatic carbocycles. The van der Waals surface area contributed by atoms with Crippen molar-refractivity contribution in [2.75, 3.05) is 27.2 Å². The average molecular weight is 388 g/mol. The third-order valence-electron chi connectivity index (χ3n) is 7.45. The lowest BCUT2D eigenvalue weighted by atomic mass is 9.66. The Balaban J connectivity index is 1.59. The minimum absolute atomic E-state index is 0.339. The molecule has 1 aliphatic heterocycles. The van der Waals surface area contributed by atoms with Gasteiger partial charge in [-0.2, -0.15) is 5.26 Å². The van der Waals surface area contributed by atoms with E-state index in [2.05, 4.69) is 78.5 Å². The Kier molecular flexibility index (Phi) is 6.04. The molecule has 0 bridgehead atoms. The van der Waals surface area contributed by atoms with E-state index in [1.54, 1.807) is 0 Å². The van der Waals surface area contributed by atoms with E-state index in [1.165, 1.54) is 25.8 Å². The molecule has 0 aromatic heterocycles. The summed E-state index contributed by atoms with van der Waals surface area (Å²) < 4.78 is 0. The predicted octanol–water partition coefficient (Wildman–Crippen LogP) is 4.69. The van der Waals surface area contributed by atoms with Crippen LogP contribution >= 0.6 is 0 Å². The SMILES string of the molecule is CN(C[C@H]1CCCN1C)C1CCC(C(C#N)(c2ccccc2)c2ccccc2)C1. The summed E-state index contributed by atoms with van der Waals surface area (Å²) in [4.78, 5) is 5.08. The molecule has 152 valence electrons. The van der Waals surface area contributed by atoms with Crippen molar-refractivity contribution in [1.82, 2.24) is 9.80 Å². The summed E-state index contributed by atoms with van der Waals surface area (Å²) >= 11 is 0. The number of rotatable bonds is 6. The average Bonchev–Trinajstić information content (AvgIpc) is 3.41. The van der Waals surface area contributed by atoms with Crippen LogP contribution in [0.25, 0.3) is 0 Å². The molecule has 29 heavy (non-hydrogen) atoms. The summed E-state index contributed by atoms with van der Waals surface area (Å²) in [5.74, 6) is 0.339. The molecule has 0 amide bonds. The summed E-state index contributed by atoms with van der Waals surface area (Å²) in [6.45, 7) is 2.37. The highest BCUT2D eigenvalue weighted by Gasteiger charge is 2.46. The second-order valence-corrected chi connectivity index (χ2v) is 9.03. The van der Waals surface area contributed by atoms with Crippen LogP contribution in [0.2, 0.25) is 0 Å². The fourth-order valence-electron chi connectivity index (χ4n) is 5.70. The summed E-state index contributed by atoms with van der Waals surface area (Å²) in [6.07, 6.45) is 6.01. The van der Waals surface area contributed by atoms with Gasteiger partial charge in [-0.1, -0.05) is 60.7 Å². The summed E-state index contributed by atoms with van der Waals surface area (Å²) in [6, 6.07) is 25.0. The molecular formula is C26H33N3. The highest BCUT2D eigenvalue weighted by molar-refractivity contribution is 5.47. The van der Waals surface area contributed by atoms with Crippen molar-refractivity contribution in [2.24, 2.45) is 5.92 Å². The fourth-order valence-corrected chi connectivity index (χ4v) is 5.70. The normalized spacial score (nSPS) is 25.4. The molecule has 2 aliphatic rings. The summed E-state index contributed by atoms with van der Waals surface area (Å²) in [7, 11) is 4.55. The molecule has 1 saturated heterocycles. The Hall–Kier alpha value is -2.15. The van der Waals surface area contributed by atoms with Gasteiger partial charge >= 0.3 is 0 Å². The molecule has 2 aromatic rings. The number of nitriles is 1. The Morgan fingerprint density at radius 2 is 1.62 bits per heavy atom. The number of likely N-dealkylation sites (tertiary alicyclic amines) is 1. The molecule has 1 saturated carbocycles. The second-order valence-electron chi connectivity index (χ2n) is 9.03. The van der Waals surface area contributed by atoms with Crippen LogP contribution in [0.5, 0.6) is 0 Å². The highest BCUT2D eigenvalue weighted by atomic mass is 15.2. The van der Waals surface area contributed by atoms with Crippen molar-refractivity contribution >= 4 is 0 Å². The zero-order valence-electron chi connectivity index (χ0n) is 17.8. The van der Waals surface area contributed by atoms with E-state index >= 15 is 0 Å². The lowest BCUT2D eigenvalue weighted by Crippen LogP contribution is -2.41. The van der Waals surface area contributed by atoms with Crippen LogP contribution in [0.3, 0.4) is 0 Å². The van der Waals surface area contributed by atoms with E-state index < -0.39 is 5.41 Å². The first kappa shape index (κ1) is 20.1. The lowest BCUT2D eigenvalue weighted by molar-refractivity contribution is 0.173. The van der Waals surface area contributed by atoms with Gasteiger partial charge in [0, 0.05) is 18.6 Å². The first-order valence-electron chi connectivity index (χ1n) is 11.1. The van der Waals surface area contributed by atoms with Gasteiger partial charge in [-0.3, -0.25) is 0 Å². The largest absolute Gasteiger partial charge is 0.302 e. The predicted molar refractivity (Wildman–Crippen MR) is 119 cm³/mol. The van der Waals surface area contributed by atoms with Crippen LogP contribution in [-0.2, 0) is 5.41 Å². The van der Waals surface area contributed by atoms with Gasteiger partial charge in [-0.05, 0) is 69.8 Å². The molecule has 0 radical (unpaired) electrons. The number of hydrogen-bond acceptors (Lipinski definition) is 3. The van der Waals surface area contributed by atoms with Gasteiger partial charge in [0.2, 0.25) is 0 Å². The van der Waals surface area contributed by atoms with Gasteiger partial charge in [-0.15, -0.1) is 0 Å². The topological polar surface area (TPSA) is 30.3 Å². The van der Waals surface area contributed by atoms with Crippen LogP contribution in [0, 0.1) is 17.2 Å². The molecule has 1 heterocycles. The van der Waals surface area contributed by atoms with Gasteiger partial charge in [0.1, 0.15) is 5.41 Å². The van der Waals surface area contributed by atoms with Crippen LogP contribution in [0.1, 0.15) is 43.2 Å². The Morgan fingerprint density at radius 1 is 1.00 bits per heavy atom. The van der Waals surface area contributed by atoms with E-state index in [4.69, 9.17) is 0 Å². The molecule has 3 atom stereocenters. The zero-order valence-corrected chi connectivity index (χ0v) is 17.8. The standard InChI is InChI=1S/C26H33N3/c1-28-17-9-14-25(28)19-29(2)24-16-15-23(18-24)26(20-27,21-10-5-3-6-11-21)22-12-7-4-8-13-22/h3-8,10-13,23-25H,9,14-19H2,1-2H3/t23?,24?,25-/m1/s1. The minimum atomic E-state index is -0.567. The quantitative estimate of drug-likeness (QED) is 0.720. The molecule has 0 N–H and O–H groups in total. The maximum atomic E-state index is 10.6. The fraction of sp³-hybridized carbons (Fsp3) is 0.500. The molecule has 2 unspecified atom stereocenters. The molecule has 3 heteroatoms. The molecule has 0 spiro atoms. The van der Waals surface area contributed by atoms with Gasteiger partial charge in [0.15, 0.2) is 0 Å². The first-order valence-corrected chi connectivity index (χ1v) is 11.1. The molecule has 2 aromatic carbocycles. The molecule has 2 fully saturated rings. The Labute approximate surface area is 175 Å². The van der Waals surface area contributed by atoms with E-state index in [1.807, 2.05) is 12.1 Å². The summed E-state index contributed by atoms with van der Waals surface area (Å²) in [5, 5.41) is 10.6. The third kappa shape index (κ3) is 3.84. The highest BCUT2D eigenvalue weighted by Crippen LogP contribution is 2.47. The number of hydrogen-bond donors (Lipinski definition) is 0. The van der Waals surface area contributed by atoms with Crippen molar-refractivity contribution in [3.05, 3.63) is 71.8 Å². The maximum absolute atomic E-state index is 10.6. The third-order valence-corrected chi connectivity index (χ3v) is 7.45. The molecular weight excluding hydrogens is 354 g/mol. The van der Waals surface area contributed by atoms with Crippen LogP contribution in [0.15, 0.2) is 60.7 Å². The van der Waals surface area contributed by atoms with Crippen LogP contribution in [0.4, 0.5) is 0 Å². The van der Waals surface area contributed by atoms with E-state index in [-0.39, 0.29) is 0 Å². The number of likely N-dealkylation sites (N-methyl/N-ethyl adjacent to an activating group) is 2. The van der Waals surface area contributed by atoms with Gasteiger partial charge in [0.25, 0.3) is 0 Å². The van der Waals surface area contributed by atoms with Crippen molar-refractivity contribution in [3.8, 4) is 6.07 Å². The smallest absolute Gasteiger partial charge is 0.110 e. The van der Waals surface area contributed by atoms with Crippen molar-refractivity contribution in [3.63, 3.8) is 0 Å². The number of nitrogens with zero attached hydrogens (tertiary/aromatic N) is 3. The minimum Gasteiger partial charge on any atom is -0.302 e. The Bertz CT molecular complexity index is 787. The first-order chi connectivity index (χ1) is 14.1. The zero-order chi connectivity index (χ0) is 20.3. The Morgan fingerprint density at radius 3 is 2.14 bits per heavy atom. The monoisotopic (exact) mass is 387 g/mol. The molecule has 3 nitrogen and oxygen atoms in total. The molecule has 4 rings (SSSR count). The maximum Gasteiger partial charge on any atom is 0.110 e. The summed E-state index contributed by atoms with van der Waals surface area (Å²) in [5.41, 5.74) is 1.71. The van der Waals surface area contributed by atoms with Crippen LogP contribution < -0.4 is 0 Å². The number of benzene rings is 2. The van der Waals surface area contributed by atoms with E-state index in [9.17, 15) is 5.26 Å². The van der Waals surface area contributed by atoms with Gasteiger partial charge < -0.3 is 9.80 Å². The van der Waals surface area contributed by atoms with E-state index in [0.717, 1.165) is 30.5 Å². The van der Waals surface area contributed by atoms with Gasteiger partial charge in [-0.25, -0.2) is 0 Å². The van der Waals surface area contributed by atoms with Crippen molar-refractivity contribution < 1.29 is 0 Å². The van der Waals surface area contributed by atoms with Crippen molar-refractivity contribution in [1.29, 1.82) is 5.26 Å². The van der Waals surface area contributed by atoms with E-state index in [0.29, 0.717) is 18.0 Å². The van der Waals surface area contributed by atoms with Gasteiger partial charge in [0.05, 0.1) is 6.07 Å².